The minimum atomic E-state index is -1.07. The van der Waals surface area contributed by atoms with Crippen molar-refractivity contribution < 1.29 is 23.6 Å². The van der Waals surface area contributed by atoms with E-state index in [1.54, 1.807) is 0 Å². The molecule has 1 aromatic carbocycles. The van der Waals surface area contributed by atoms with E-state index in [9.17, 15) is 23.6 Å². The Hall–Kier alpha value is -3.72. The van der Waals surface area contributed by atoms with Crippen LogP contribution in [0.25, 0.3) is 6.08 Å². The summed E-state index contributed by atoms with van der Waals surface area (Å²) in [5, 5.41) is 5.58. The minimum Gasteiger partial charge on any atom is -0.368 e. The Kier molecular flexibility index (Phi) is 10.0. The molecule has 4 atom stereocenters. The van der Waals surface area contributed by atoms with Crippen LogP contribution in [0.5, 0.6) is 0 Å². The highest BCUT2D eigenvalue weighted by molar-refractivity contribution is 6.30. The second kappa shape index (κ2) is 13.2. The van der Waals surface area contributed by atoms with Gasteiger partial charge in [-0.25, -0.2) is 4.39 Å². The molecular formula is C28H32ClFN4O4. The number of benzene rings is 1. The molecule has 0 aliphatic carbocycles. The molecular weight excluding hydrogens is 511 g/mol. The topological polar surface area (TPSA) is 122 Å². The van der Waals surface area contributed by atoms with Crippen molar-refractivity contribution in [3.05, 3.63) is 77.1 Å². The molecule has 0 saturated carbocycles. The number of nitrogens with one attached hydrogen (secondary N) is 2. The lowest BCUT2D eigenvalue weighted by molar-refractivity contribution is -0.136. The Bertz CT molecular complexity index is 1200. The smallest absolute Gasteiger partial charge is 0.247 e. The fourth-order valence-electron chi connectivity index (χ4n) is 4.59. The van der Waals surface area contributed by atoms with E-state index in [1.807, 2.05) is 31.2 Å². The third-order valence-corrected chi connectivity index (χ3v) is 6.97. The molecule has 0 aromatic heterocycles. The highest BCUT2D eigenvalue weighted by atomic mass is 35.5. The van der Waals surface area contributed by atoms with Gasteiger partial charge < -0.3 is 21.3 Å². The molecule has 2 aliphatic rings. The molecule has 2 fully saturated rings. The van der Waals surface area contributed by atoms with E-state index < -0.39 is 41.5 Å². The molecule has 202 valence electrons. The molecule has 8 nitrogen and oxygen atoms in total. The summed E-state index contributed by atoms with van der Waals surface area (Å²) in [6.07, 6.45) is 10.7. The van der Waals surface area contributed by atoms with Gasteiger partial charge in [-0.1, -0.05) is 54.1 Å². The average Bonchev–Trinajstić information content (AvgIpc) is 3.49. The molecule has 0 bridgehead atoms. The lowest BCUT2D eigenvalue weighted by atomic mass is 9.95. The van der Waals surface area contributed by atoms with Crippen molar-refractivity contribution in [1.82, 2.24) is 15.5 Å². The van der Waals surface area contributed by atoms with Crippen LogP contribution in [0.3, 0.4) is 0 Å². The van der Waals surface area contributed by atoms with Gasteiger partial charge in [0.1, 0.15) is 17.9 Å². The first-order valence-corrected chi connectivity index (χ1v) is 12.8. The average molecular weight is 543 g/mol. The van der Waals surface area contributed by atoms with E-state index in [4.69, 9.17) is 17.3 Å². The highest BCUT2D eigenvalue weighted by Gasteiger charge is 2.41. The molecule has 2 heterocycles. The van der Waals surface area contributed by atoms with Crippen molar-refractivity contribution in [2.45, 2.75) is 38.3 Å². The lowest BCUT2D eigenvalue weighted by Crippen LogP contribution is -2.52. The zero-order valence-electron chi connectivity index (χ0n) is 21.2. The van der Waals surface area contributed by atoms with Crippen LogP contribution in [0.15, 0.2) is 60.7 Å². The number of allylic oxidation sites excluding steroid dienone is 4. The van der Waals surface area contributed by atoms with Gasteiger partial charge in [-0.3, -0.25) is 19.2 Å². The summed E-state index contributed by atoms with van der Waals surface area (Å²) < 4.78 is 14.2. The van der Waals surface area contributed by atoms with Crippen LogP contribution in [-0.4, -0.2) is 53.7 Å². The zero-order chi connectivity index (χ0) is 27.8. The summed E-state index contributed by atoms with van der Waals surface area (Å²) in [6.45, 7) is 6.67. The van der Waals surface area contributed by atoms with E-state index in [-0.39, 0.29) is 41.8 Å². The third kappa shape index (κ3) is 7.41. The van der Waals surface area contributed by atoms with Gasteiger partial charge in [0.25, 0.3) is 0 Å². The summed E-state index contributed by atoms with van der Waals surface area (Å²) in [6, 6.07) is 2.11. The van der Waals surface area contributed by atoms with Crippen molar-refractivity contribution in [3.63, 3.8) is 0 Å². The lowest BCUT2D eigenvalue weighted by Gasteiger charge is -2.25. The first-order chi connectivity index (χ1) is 18.1. The summed E-state index contributed by atoms with van der Waals surface area (Å²) in [5.41, 5.74) is 6.43. The molecule has 2 saturated heterocycles. The number of nitrogens with two attached hydrogens (primary N) is 1. The molecule has 0 unspecified atom stereocenters. The van der Waals surface area contributed by atoms with Crippen LogP contribution in [0, 0.1) is 17.7 Å². The van der Waals surface area contributed by atoms with E-state index in [1.165, 1.54) is 29.2 Å². The first kappa shape index (κ1) is 28.8. The summed E-state index contributed by atoms with van der Waals surface area (Å²) in [5.74, 6) is -3.25. The van der Waals surface area contributed by atoms with Crippen LogP contribution in [-0.2, 0) is 19.2 Å². The Morgan fingerprint density at radius 3 is 2.71 bits per heavy atom. The molecule has 38 heavy (non-hydrogen) atoms. The number of primary amides is 1. The SMILES string of the molecule is C=C(/C=C\C=C/C)[C@@H]1C[C@@H](C(=O)N[C@@H](C[C@@H]2CCNC2=O)C(N)=O)N(C(=O)/C=C/c2ccc(Cl)cc2F)C1. The number of nitrogens with zero attached hydrogens (tertiary/aromatic N) is 1. The number of carbonyl (C=O) groups excluding carboxylic acids is 4. The number of carbonyl (C=O) groups is 4. The standard InChI is InChI=1S/C28H32ClFN4O4/c1-3-4-5-6-17(2)20-14-24(28(38)33-23(26(31)36)13-19-11-12-32-27(19)37)34(16-20)25(35)10-8-18-7-9-21(29)15-22(18)30/h3-10,15,19-20,23-24H,2,11-14,16H2,1H3,(H2,31,36)(H,32,37)(H,33,38)/b4-3-,6-5-,10-8+/t19-,20+,23-,24-/m0/s1. The van der Waals surface area contributed by atoms with E-state index >= 15 is 0 Å². The van der Waals surface area contributed by atoms with Crippen LogP contribution >= 0.6 is 11.6 Å². The van der Waals surface area contributed by atoms with Gasteiger partial charge in [-0.15, -0.1) is 0 Å². The maximum Gasteiger partial charge on any atom is 0.247 e. The summed E-state index contributed by atoms with van der Waals surface area (Å²) >= 11 is 5.80. The predicted octanol–water partition coefficient (Wildman–Crippen LogP) is 2.89. The van der Waals surface area contributed by atoms with Crippen molar-refractivity contribution in [2.75, 3.05) is 13.1 Å². The number of hydrogen-bond acceptors (Lipinski definition) is 4. The van der Waals surface area contributed by atoms with Crippen molar-refractivity contribution in [1.29, 1.82) is 0 Å². The number of hydrogen-bond donors (Lipinski definition) is 3. The van der Waals surface area contributed by atoms with Crippen LogP contribution < -0.4 is 16.4 Å². The van der Waals surface area contributed by atoms with Crippen molar-refractivity contribution in [3.8, 4) is 0 Å². The molecule has 4 N–H and O–H groups in total. The van der Waals surface area contributed by atoms with Gasteiger partial charge in [0.15, 0.2) is 0 Å². The van der Waals surface area contributed by atoms with Gasteiger partial charge in [0.2, 0.25) is 23.6 Å². The summed E-state index contributed by atoms with van der Waals surface area (Å²) in [4.78, 5) is 52.0. The quantitative estimate of drug-likeness (QED) is 0.311. The highest BCUT2D eigenvalue weighted by Crippen LogP contribution is 2.30. The maximum atomic E-state index is 14.2. The van der Waals surface area contributed by atoms with Crippen molar-refractivity contribution >= 4 is 41.3 Å². The molecule has 0 spiro atoms. The second-order valence-electron chi connectivity index (χ2n) is 9.37. The van der Waals surface area contributed by atoms with E-state index in [0.717, 1.165) is 11.6 Å². The largest absolute Gasteiger partial charge is 0.368 e. The van der Waals surface area contributed by atoms with Gasteiger partial charge in [-0.2, -0.15) is 0 Å². The fourth-order valence-corrected chi connectivity index (χ4v) is 4.74. The summed E-state index contributed by atoms with van der Waals surface area (Å²) in [7, 11) is 0. The van der Waals surface area contributed by atoms with E-state index in [0.29, 0.717) is 13.0 Å². The minimum absolute atomic E-state index is 0.0749. The Morgan fingerprint density at radius 2 is 2.08 bits per heavy atom. The maximum absolute atomic E-state index is 14.2. The number of likely N-dealkylation sites (tertiary alicyclic amines) is 1. The Balaban J connectivity index is 1.80. The van der Waals surface area contributed by atoms with Gasteiger partial charge >= 0.3 is 0 Å². The molecule has 1 aromatic rings. The zero-order valence-corrected chi connectivity index (χ0v) is 21.9. The number of amides is 4. The first-order valence-electron chi connectivity index (χ1n) is 12.4. The predicted molar refractivity (Wildman–Crippen MR) is 144 cm³/mol. The Morgan fingerprint density at radius 1 is 1.32 bits per heavy atom. The number of rotatable bonds is 10. The molecule has 0 radical (unpaired) electrons. The van der Waals surface area contributed by atoms with Gasteiger partial charge in [-0.05, 0) is 44.4 Å². The van der Waals surface area contributed by atoms with Gasteiger partial charge in [0, 0.05) is 41.6 Å². The second-order valence-corrected chi connectivity index (χ2v) is 9.81. The fraction of sp³-hybridized carbons (Fsp3) is 0.357. The van der Waals surface area contributed by atoms with E-state index in [2.05, 4.69) is 17.2 Å². The van der Waals surface area contributed by atoms with Crippen LogP contribution in [0.1, 0.15) is 31.7 Å². The molecule has 4 amide bonds. The third-order valence-electron chi connectivity index (χ3n) is 6.74. The van der Waals surface area contributed by atoms with Crippen molar-refractivity contribution in [2.24, 2.45) is 17.6 Å². The molecule has 2 aliphatic heterocycles. The molecule has 3 rings (SSSR count). The normalized spacial score (nSPS) is 22.3. The Labute approximate surface area is 226 Å². The monoisotopic (exact) mass is 542 g/mol. The van der Waals surface area contributed by atoms with Crippen LogP contribution in [0.2, 0.25) is 5.02 Å². The van der Waals surface area contributed by atoms with Gasteiger partial charge in [0.05, 0.1) is 0 Å². The van der Waals surface area contributed by atoms with Crippen LogP contribution in [0.4, 0.5) is 4.39 Å². The molecule has 10 heteroatoms. The number of halogens is 2.